The van der Waals surface area contributed by atoms with E-state index in [1.54, 1.807) is 29.1 Å². The molecule has 1 heterocycles. The van der Waals surface area contributed by atoms with Gasteiger partial charge in [-0.05, 0) is 35.6 Å². The lowest BCUT2D eigenvalue weighted by molar-refractivity contribution is -0.121. The molecule has 1 fully saturated rings. The molecule has 0 unspecified atom stereocenters. The summed E-state index contributed by atoms with van der Waals surface area (Å²) in [5.74, 6) is 0.0334. The van der Waals surface area contributed by atoms with E-state index in [4.69, 9.17) is 11.6 Å². The van der Waals surface area contributed by atoms with E-state index in [1.165, 1.54) is 6.07 Å². The number of carbonyl (C=O) groups is 2. The number of benzene rings is 2. The normalized spacial score (nSPS) is 14.8. The highest BCUT2D eigenvalue weighted by Gasteiger charge is 2.28. The molecule has 2 amide bonds. The fourth-order valence-electron chi connectivity index (χ4n) is 4.88. The van der Waals surface area contributed by atoms with Gasteiger partial charge in [0.25, 0.3) is 0 Å². The Morgan fingerprint density at radius 1 is 1.11 bits per heavy atom. The number of anilines is 1. The summed E-state index contributed by atoms with van der Waals surface area (Å²) < 4.78 is 25.6. The molecule has 1 aliphatic rings. The summed E-state index contributed by atoms with van der Waals surface area (Å²) in [6, 6.07) is 16.1. The summed E-state index contributed by atoms with van der Waals surface area (Å²) in [6.07, 6.45) is 8.19. The Bertz CT molecular complexity index is 1370. The van der Waals surface area contributed by atoms with Crippen LogP contribution in [0.3, 0.4) is 0 Å². The van der Waals surface area contributed by atoms with Gasteiger partial charge >= 0.3 is 0 Å². The minimum atomic E-state index is -3.47. The molecule has 2 N–H and O–H groups in total. The van der Waals surface area contributed by atoms with E-state index in [0.29, 0.717) is 36.8 Å². The molecule has 1 aliphatic carbocycles. The van der Waals surface area contributed by atoms with Gasteiger partial charge in [0.15, 0.2) is 15.7 Å². The van der Waals surface area contributed by atoms with Crippen molar-refractivity contribution in [2.75, 3.05) is 11.6 Å². The highest BCUT2D eigenvalue weighted by Crippen LogP contribution is 2.36. The lowest BCUT2D eigenvalue weighted by Gasteiger charge is -2.21. The van der Waals surface area contributed by atoms with E-state index in [9.17, 15) is 18.0 Å². The average molecular weight is 557 g/mol. The van der Waals surface area contributed by atoms with Crippen LogP contribution < -0.4 is 10.6 Å². The first-order chi connectivity index (χ1) is 18.2. The number of nitrogens with zero attached hydrogens (tertiary/aromatic N) is 2. The molecule has 1 atom stereocenters. The van der Waals surface area contributed by atoms with Crippen molar-refractivity contribution in [1.82, 2.24) is 15.1 Å². The van der Waals surface area contributed by atoms with Crippen molar-refractivity contribution < 1.29 is 18.0 Å². The Hall–Kier alpha value is -3.17. The van der Waals surface area contributed by atoms with Crippen LogP contribution in [0.2, 0.25) is 5.02 Å². The van der Waals surface area contributed by atoms with Gasteiger partial charge in [-0.15, -0.1) is 0 Å². The molecular formula is C28H33ClN4O4S. The smallest absolute Gasteiger partial charge is 0.233 e. The Balaban J connectivity index is 1.38. The van der Waals surface area contributed by atoms with Crippen molar-refractivity contribution in [3.63, 3.8) is 0 Å². The van der Waals surface area contributed by atoms with Crippen LogP contribution in [0.1, 0.15) is 55.6 Å². The molecule has 0 radical (unpaired) electrons. The van der Waals surface area contributed by atoms with Crippen molar-refractivity contribution in [3.05, 3.63) is 76.9 Å². The fourth-order valence-corrected chi connectivity index (χ4v) is 6.21. The largest absolute Gasteiger partial charge is 0.352 e. The Morgan fingerprint density at radius 2 is 1.84 bits per heavy atom. The maximum absolute atomic E-state index is 13.4. The Kier molecular flexibility index (Phi) is 9.22. The number of sulfone groups is 1. The highest BCUT2D eigenvalue weighted by molar-refractivity contribution is 7.90. The maximum atomic E-state index is 13.4. The first kappa shape index (κ1) is 27.9. The van der Waals surface area contributed by atoms with Gasteiger partial charge in [-0.1, -0.05) is 73.7 Å². The van der Waals surface area contributed by atoms with Gasteiger partial charge in [-0.25, -0.2) is 8.42 Å². The molecule has 1 saturated carbocycles. The number of aromatic nitrogens is 2. The number of aryl methyl sites for hydroxylation is 1. The second-order valence-electron chi connectivity index (χ2n) is 9.87. The predicted molar refractivity (Wildman–Crippen MR) is 148 cm³/mol. The average Bonchev–Trinajstić information content (AvgIpc) is 3.56. The topological polar surface area (TPSA) is 110 Å². The second-order valence-corrected chi connectivity index (χ2v) is 12.3. The van der Waals surface area contributed by atoms with Gasteiger partial charge < -0.3 is 10.6 Å². The summed E-state index contributed by atoms with van der Waals surface area (Å²) in [6.45, 7) is 0.849. The van der Waals surface area contributed by atoms with Crippen LogP contribution in [0, 0.1) is 5.92 Å². The Labute approximate surface area is 228 Å². The molecule has 10 heteroatoms. The number of nitrogens with one attached hydrogen (secondary N) is 2. The van der Waals surface area contributed by atoms with Crippen molar-refractivity contribution in [2.45, 2.75) is 62.4 Å². The lowest BCUT2D eigenvalue weighted by Crippen LogP contribution is -2.24. The molecule has 8 nitrogen and oxygen atoms in total. The van der Waals surface area contributed by atoms with Gasteiger partial charge in [-0.2, -0.15) is 5.10 Å². The number of rotatable bonds is 11. The van der Waals surface area contributed by atoms with E-state index in [-0.39, 0.29) is 28.2 Å². The van der Waals surface area contributed by atoms with Crippen LogP contribution in [0.5, 0.6) is 0 Å². The molecular weight excluding hydrogens is 524 g/mol. The van der Waals surface area contributed by atoms with Gasteiger partial charge in [0.1, 0.15) is 0 Å². The highest BCUT2D eigenvalue weighted by atomic mass is 35.5. The van der Waals surface area contributed by atoms with Crippen molar-refractivity contribution in [3.8, 4) is 0 Å². The number of amides is 2. The van der Waals surface area contributed by atoms with E-state index >= 15 is 0 Å². The number of carbonyl (C=O) groups excluding carboxylic acids is 2. The van der Waals surface area contributed by atoms with Crippen molar-refractivity contribution in [2.24, 2.45) is 5.92 Å². The van der Waals surface area contributed by atoms with Gasteiger partial charge in [0.2, 0.25) is 11.8 Å². The summed E-state index contributed by atoms with van der Waals surface area (Å²) >= 11 is 6.30. The van der Waals surface area contributed by atoms with Gasteiger partial charge in [0, 0.05) is 38.0 Å². The standard InChI is InChI=1S/C28H33ClN4O4S/c1-38(36,37)25-12-11-22(18-24(25)29)23(17-20-7-5-6-8-20)28(35)31-26-13-15-33(32-26)16-14-27(34)30-19-21-9-3-2-4-10-21/h2-4,9-13,15,18,20,23H,5-8,14,16-17,19H2,1H3,(H,30,34)(H,31,32,35)/t23-/m1/s1. The SMILES string of the molecule is CS(=O)(=O)c1ccc([C@@H](CC2CCCC2)C(=O)Nc2ccn(CCC(=O)NCc3ccccc3)n2)cc1Cl. The molecule has 0 bridgehead atoms. The lowest BCUT2D eigenvalue weighted by atomic mass is 9.87. The zero-order chi connectivity index (χ0) is 27.1. The minimum Gasteiger partial charge on any atom is -0.352 e. The van der Waals surface area contributed by atoms with Crippen LogP contribution in [-0.4, -0.2) is 36.3 Å². The number of halogens is 1. The summed E-state index contributed by atoms with van der Waals surface area (Å²) in [5.41, 5.74) is 1.71. The van der Waals surface area contributed by atoms with Crippen LogP contribution in [0.4, 0.5) is 5.82 Å². The molecule has 4 rings (SSSR count). The third-order valence-corrected chi connectivity index (χ3v) is 8.49. The quantitative estimate of drug-likeness (QED) is 0.347. The fraction of sp³-hybridized carbons (Fsp3) is 0.393. The van der Waals surface area contributed by atoms with E-state index in [2.05, 4.69) is 15.7 Å². The van der Waals surface area contributed by atoms with Crippen LogP contribution >= 0.6 is 11.6 Å². The van der Waals surface area contributed by atoms with E-state index < -0.39 is 15.8 Å². The zero-order valence-corrected chi connectivity index (χ0v) is 23.0. The molecule has 202 valence electrons. The van der Waals surface area contributed by atoms with E-state index in [0.717, 1.165) is 37.5 Å². The number of hydrogen-bond donors (Lipinski definition) is 2. The molecule has 38 heavy (non-hydrogen) atoms. The molecule has 0 saturated heterocycles. The third kappa shape index (κ3) is 7.68. The van der Waals surface area contributed by atoms with E-state index in [1.807, 2.05) is 30.3 Å². The first-order valence-electron chi connectivity index (χ1n) is 12.8. The van der Waals surface area contributed by atoms with Crippen molar-refractivity contribution in [1.29, 1.82) is 0 Å². The molecule has 0 aliphatic heterocycles. The predicted octanol–water partition coefficient (Wildman–Crippen LogP) is 4.95. The van der Waals surface area contributed by atoms with Crippen LogP contribution in [0.25, 0.3) is 0 Å². The van der Waals surface area contributed by atoms with Crippen LogP contribution in [0.15, 0.2) is 65.7 Å². The van der Waals surface area contributed by atoms with Crippen molar-refractivity contribution >= 4 is 39.1 Å². The molecule has 1 aromatic heterocycles. The van der Waals surface area contributed by atoms with Gasteiger partial charge in [-0.3, -0.25) is 14.3 Å². The zero-order valence-electron chi connectivity index (χ0n) is 21.4. The molecule has 0 spiro atoms. The Morgan fingerprint density at radius 3 is 2.53 bits per heavy atom. The molecule has 2 aromatic carbocycles. The second kappa shape index (κ2) is 12.6. The number of hydrogen-bond acceptors (Lipinski definition) is 5. The summed E-state index contributed by atoms with van der Waals surface area (Å²) in [7, 11) is -3.47. The minimum absolute atomic E-state index is 0.0505. The van der Waals surface area contributed by atoms with Gasteiger partial charge in [0.05, 0.1) is 15.8 Å². The monoisotopic (exact) mass is 556 g/mol. The molecule has 3 aromatic rings. The first-order valence-corrected chi connectivity index (χ1v) is 15.1. The van der Waals surface area contributed by atoms with Crippen LogP contribution in [-0.2, 0) is 32.5 Å². The third-order valence-electron chi connectivity index (χ3n) is 6.91. The summed E-state index contributed by atoms with van der Waals surface area (Å²) in [4.78, 5) is 25.7. The maximum Gasteiger partial charge on any atom is 0.233 e. The summed E-state index contributed by atoms with van der Waals surface area (Å²) in [5, 5.41) is 10.3.